The number of aromatic nitrogens is 1. The Morgan fingerprint density at radius 1 is 1.24 bits per heavy atom. The molecule has 1 aromatic heterocycles. The number of carbonyl (C=O) groups is 2. The second-order valence-corrected chi connectivity index (χ2v) is 9.93. The number of nitrogens with one attached hydrogen (secondary N) is 2. The summed E-state index contributed by atoms with van der Waals surface area (Å²) in [5, 5.41) is 5.52. The molecule has 1 saturated heterocycles. The largest absolute Gasteiger partial charge is 0.487 e. The number of rotatable bonds is 6. The van der Waals surface area contributed by atoms with Gasteiger partial charge in [-0.1, -0.05) is 0 Å². The van der Waals surface area contributed by atoms with Gasteiger partial charge in [0.15, 0.2) is 0 Å². The van der Waals surface area contributed by atoms with Gasteiger partial charge < -0.3 is 25.0 Å². The first-order chi connectivity index (χ1) is 15.8. The van der Waals surface area contributed by atoms with Crippen LogP contribution in [0.15, 0.2) is 41.0 Å². The van der Waals surface area contributed by atoms with E-state index in [1.165, 1.54) is 30.5 Å². The monoisotopic (exact) mass is 560 g/mol. The van der Waals surface area contributed by atoms with Gasteiger partial charge in [0.25, 0.3) is 5.91 Å². The summed E-state index contributed by atoms with van der Waals surface area (Å²) >= 11 is 8.20. The number of pyridine rings is 1. The van der Waals surface area contributed by atoms with Gasteiger partial charge in [-0.2, -0.15) is 0 Å². The zero-order valence-electron chi connectivity index (χ0n) is 18.7. The summed E-state index contributed by atoms with van der Waals surface area (Å²) < 4.78 is 35.5. The van der Waals surface area contributed by atoms with Crippen molar-refractivity contribution >= 4 is 51.0 Å². The first-order valence-electron chi connectivity index (χ1n) is 10.4. The highest BCUT2D eigenvalue weighted by Crippen LogP contribution is 2.29. The molecular formula is C22H24BrClF2N4O4. The summed E-state index contributed by atoms with van der Waals surface area (Å²) in [5.41, 5.74) is -3.71. The van der Waals surface area contributed by atoms with Crippen LogP contribution in [0.25, 0.3) is 0 Å². The van der Waals surface area contributed by atoms with Crippen LogP contribution < -0.4 is 20.3 Å². The highest BCUT2D eigenvalue weighted by molar-refractivity contribution is 9.10. The van der Waals surface area contributed by atoms with Crippen molar-refractivity contribution < 1.29 is 27.8 Å². The molecule has 2 aromatic rings. The lowest BCUT2D eigenvalue weighted by atomic mass is 10.2. The highest BCUT2D eigenvalue weighted by atomic mass is 79.9. The third kappa shape index (κ3) is 7.69. The fourth-order valence-electron chi connectivity index (χ4n) is 3.28. The Balaban J connectivity index is 1.58. The molecule has 12 heteroatoms. The minimum Gasteiger partial charge on any atom is -0.444 e. The molecule has 1 aliphatic rings. The van der Waals surface area contributed by atoms with Crippen molar-refractivity contribution in [3.8, 4) is 5.75 Å². The van der Waals surface area contributed by atoms with E-state index in [2.05, 4.69) is 36.3 Å². The van der Waals surface area contributed by atoms with Gasteiger partial charge in [-0.3, -0.25) is 4.79 Å². The SMILES string of the molecule is CC(C)(C)OC(=O)N[C@H]1CCN(c2ncc(C(=O)Nc3ccc(OC(F)(F)Cl)cc3)cc2Br)C1. The van der Waals surface area contributed by atoms with E-state index >= 15 is 0 Å². The molecule has 1 fully saturated rings. The molecule has 184 valence electrons. The van der Waals surface area contributed by atoms with Crippen LogP contribution >= 0.6 is 27.5 Å². The molecule has 3 rings (SSSR count). The summed E-state index contributed by atoms with van der Waals surface area (Å²) in [6.45, 7) is 6.63. The molecule has 0 bridgehead atoms. The molecule has 0 saturated carbocycles. The molecule has 8 nitrogen and oxygen atoms in total. The van der Waals surface area contributed by atoms with Crippen molar-refractivity contribution in [3.05, 3.63) is 46.6 Å². The Bertz CT molecular complexity index is 1040. The molecule has 1 aliphatic heterocycles. The minimum absolute atomic E-state index is 0.0859. The Hall–Kier alpha value is -2.66. The van der Waals surface area contributed by atoms with Gasteiger partial charge in [-0.15, -0.1) is 8.78 Å². The van der Waals surface area contributed by atoms with Crippen LogP contribution in [0.4, 0.5) is 25.1 Å². The summed E-state index contributed by atoms with van der Waals surface area (Å²) in [5.74, 6) is 0.0763. The number of benzene rings is 1. The van der Waals surface area contributed by atoms with Gasteiger partial charge in [-0.25, -0.2) is 9.78 Å². The summed E-state index contributed by atoms with van der Waals surface area (Å²) in [7, 11) is 0. The van der Waals surface area contributed by atoms with Crippen molar-refractivity contribution in [2.45, 2.75) is 44.4 Å². The normalized spacial score (nSPS) is 16.2. The maximum absolute atomic E-state index is 12.7. The molecule has 34 heavy (non-hydrogen) atoms. The van der Waals surface area contributed by atoms with Crippen molar-refractivity contribution in [2.75, 3.05) is 23.3 Å². The van der Waals surface area contributed by atoms with E-state index in [0.29, 0.717) is 34.6 Å². The average Bonchev–Trinajstić information content (AvgIpc) is 3.14. The van der Waals surface area contributed by atoms with Crippen molar-refractivity contribution in [2.24, 2.45) is 0 Å². The minimum atomic E-state index is -3.81. The van der Waals surface area contributed by atoms with Crippen LogP contribution in [0.1, 0.15) is 37.6 Å². The molecule has 1 atom stereocenters. The lowest BCUT2D eigenvalue weighted by molar-refractivity contribution is -0.0964. The Morgan fingerprint density at radius 3 is 2.50 bits per heavy atom. The van der Waals surface area contributed by atoms with Crippen LogP contribution in [-0.4, -0.2) is 47.3 Å². The van der Waals surface area contributed by atoms with Crippen LogP contribution in [-0.2, 0) is 4.74 Å². The van der Waals surface area contributed by atoms with E-state index in [1.54, 1.807) is 26.8 Å². The van der Waals surface area contributed by atoms with E-state index in [0.717, 1.165) is 6.42 Å². The topological polar surface area (TPSA) is 92.8 Å². The number of nitrogens with zero attached hydrogens (tertiary/aromatic N) is 2. The molecule has 0 aliphatic carbocycles. The first-order valence-corrected chi connectivity index (χ1v) is 11.5. The first kappa shape index (κ1) is 26.0. The molecule has 0 spiro atoms. The lowest BCUT2D eigenvalue weighted by Gasteiger charge is -2.22. The Morgan fingerprint density at radius 2 is 1.91 bits per heavy atom. The number of hydrogen-bond donors (Lipinski definition) is 2. The fourth-order valence-corrected chi connectivity index (χ4v) is 3.96. The fraction of sp³-hybridized carbons (Fsp3) is 0.409. The van der Waals surface area contributed by atoms with Crippen molar-refractivity contribution in [3.63, 3.8) is 0 Å². The zero-order valence-corrected chi connectivity index (χ0v) is 21.0. The summed E-state index contributed by atoms with van der Waals surface area (Å²) in [6, 6.07) is 6.90. The van der Waals surface area contributed by atoms with E-state index < -0.39 is 23.2 Å². The average molecular weight is 562 g/mol. The van der Waals surface area contributed by atoms with E-state index in [4.69, 9.17) is 16.3 Å². The molecule has 1 aromatic carbocycles. The van der Waals surface area contributed by atoms with Gasteiger partial charge in [0, 0.05) is 36.6 Å². The number of amides is 2. The number of alkyl halides is 3. The molecule has 0 unspecified atom stereocenters. The third-order valence-electron chi connectivity index (χ3n) is 4.64. The maximum atomic E-state index is 12.7. The van der Waals surface area contributed by atoms with Gasteiger partial charge >= 0.3 is 11.7 Å². The number of alkyl carbamates (subject to hydrolysis) is 1. The number of hydrogen-bond acceptors (Lipinski definition) is 6. The van der Waals surface area contributed by atoms with Crippen LogP contribution in [0.2, 0.25) is 0 Å². The van der Waals surface area contributed by atoms with Gasteiger partial charge in [0.05, 0.1) is 16.1 Å². The van der Waals surface area contributed by atoms with Crippen LogP contribution in [0.5, 0.6) is 5.75 Å². The molecule has 2 N–H and O–H groups in total. The number of anilines is 2. The highest BCUT2D eigenvalue weighted by Gasteiger charge is 2.29. The van der Waals surface area contributed by atoms with Crippen LogP contribution in [0, 0.1) is 0 Å². The second kappa shape index (κ2) is 10.3. The van der Waals surface area contributed by atoms with E-state index in [1.807, 2.05) is 4.90 Å². The maximum Gasteiger partial charge on any atom is 0.487 e. The predicted molar refractivity (Wildman–Crippen MR) is 128 cm³/mol. The van der Waals surface area contributed by atoms with Gasteiger partial charge in [0.2, 0.25) is 0 Å². The zero-order chi connectivity index (χ0) is 25.1. The van der Waals surface area contributed by atoms with E-state index in [9.17, 15) is 18.4 Å². The Kier molecular flexibility index (Phi) is 7.87. The molecule has 2 amide bonds. The smallest absolute Gasteiger partial charge is 0.444 e. The molecule has 0 radical (unpaired) electrons. The summed E-state index contributed by atoms with van der Waals surface area (Å²) in [4.78, 5) is 31.0. The van der Waals surface area contributed by atoms with Crippen LogP contribution in [0.3, 0.4) is 0 Å². The predicted octanol–water partition coefficient (Wildman–Crippen LogP) is 5.37. The molecular weight excluding hydrogens is 538 g/mol. The van der Waals surface area contributed by atoms with Crippen molar-refractivity contribution in [1.82, 2.24) is 10.3 Å². The number of halogens is 4. The quantitative estimate of drug-likeness (QED) is 0.461. The van der Waals surface area contributed by atoms with E-state index in [-0.39, 0.29) is 11.8 Å². The summed E-state index contributed by atoms with van der Waals surface area (Å²) in [6.07, 6.45) is 1.70. The standard InChI is InChI=1S/C22H24BrClF2N4O4/c1-21(2,3)34-20(32)29-15-8-9-30(12-15)18-17(23)10-13(11-27-18)19(31)28-14-4-6-16(7-5-14)33-22(24,25)26/h4-7,10-11,15H,8-9,12H2,1-3H3,(H,28,31)(H,29,32)/t15-/m0/s1. The third-order valence-corrected chi connectivity index (χ3v) is 5.30. The second-order valence-electron chi connectivity index (χ2n) is 8.63. The number of carbonyl (C=O) groups excluding carboxylic acids is 2. The van der Waals surface area contributed by atoms with Gasteiger partial charge in [-0.05, 0) is 73.5 Å². The molecule has 2 heterocycles. The number of ether oxygens (including phenoxy) is 2. The Labute approximate surface area is 209 Å². The lowest BCUT2D eigenvalue weighted by Crippen LogP contribution is -2.40. The van der Waals surface area contributed by atoms with Gasteiger partial charge in [0.1, 0.15) is 17.2 Å². The van der Waals surface area contributed by atoms with Crippen molar-refractivity contribution in [1.29, 1.82) is 0 Å².